The highest BCUT2D eigenvalue weighted by atomic mass is 32.2. The smallest absolute Gasteiger partial charge is 0.220 e. The second-order valence-electron chi connectivity index (χ2n) is 3.83. The van der Waals surface area contributed by atoms with Crippen LogP contribution in [0.3, 0.4) is 0 Å². The molecule has 19 heavy (non-hydrogen) atoms. The number of fused-ring (bicyclic) bond motifs is 1. The van der Waals surface area contributed by atoms with Gasteiger partial charge in [-0.3, -0.25) is 9.59 Å². The Labute approximate surface area is 113 Å². The molecule has 2 aromatic rings. The van der Waals surface area contributed by atoms with Crippen LogP contribution in [0.4, 0.5) is 0 Å². The first-order valence-electron chi connectivity index (χ1n) is 5.53. The minimum Gasteiger partial charge on any atom is -0.439 e. The van der Waals surface area contributed by atoms with Crippen molar-refractivity contribution >= 4 is 33.8 Å². The van der Waals surface area contributed by atoms with Crippen LogP contribution in [0.2, 0.25) is 0 Å². The Bertz CT molecular complexity index is 639. The van der Waals surface area contributed by atoms with Crippen LogP contribution >= 0.6 is 11.8 Å². The molecule has 96 valence electrons. The molecule has 1 aromatic carbocycles. The summed E-state index contributed by atoms with van der Waals surface area (Å²) in [6.45, 7) is 1.37. The Morgan fingerprint density at radius 1 is 1.47 bits per heavy atom. The highest BCUT2D eigenvalue weighted by Crippen LogP contribution is 2.23. The summed E-state index contributed by atoms with van der Waals surface area (Å²) in [6.07, 6.45) is 0. The molecule has 1 heterocycles. The number of rotatable bonds is 4. The summed E-state index contributed by atoms with van der Waals surface area (Å²) in [4.78, 5) is 26.8. The summed E-state index contributed by atoms with van der Waals surface area (Å²) in [7, 11) is 0. The average Bonchev–Trinajstić information content (AvgIpc) is 2.80. The first-order chi connectivity index (χ1) is 9.11. The molecule has 0 fully saturated rings. The van der Waals surface area contributed by atoms with Gasteiger partial charge in [0.1, 0.15) is 5.52 Å². The molecule has 0 saturated carbocycles. The van der Waals surface area contributed by atoms with Gasteiger partial charge < -0.3 is 4.42 Å². The third kappa shape index (κ3) is 3.01. The van der Waals surface area contributed by atoms with Crippen molar-refractivity contribution in [2.75, 3.05) is 5.75 Å². The summed E-state index contributed by atoms with van der Waals surface area (Å²) in [5, 5.41) is 8.91. The maximum absolute atomic E-state index is 11.9. The van der Waals surface area contributed by atoms with Crippen molar-refractivity contribution in [1.82, 2.24) is 4.98 Å². The van der Waals surface area contributed by atoms with Gasteiger partial charge in [0, 0.05) is 6.92 Å². The molecule has 0 N–H and O–H groups in total. The summed E-state index contributed by atoms with van der Waals surface area (Å²) >= 11 is 0.876. The fraction of sp³-hybridized carbons (Fsp3) is 0.231. The number of hydrogen-bond donors (Lipinski definition) is 0. The van der Waals surface area contributed by atoms with E-state index in [4.69, 9.17) is 9.68 Å². The van der Waals surface area contributed by atoms with E-state index in [-0.39, 0.29) is 22.5 Å². The van der Waals surface area contributed by atoms with E-state index >= 15 is 0 Å². The number of aromatic nitrogens is 1. The molecule has 0 aliphatic rings. The van der Waals surface area contributed by atoms with E-state index < -0.39 is 5.92 Å². The molecule has 0 aliphatic heterocycles. The van der Waals surface area contributed by atoms with Crippen molar-refractivity contribution in [2.24, 2.45) is 0 Å². The molecular weight excluding hydrogens is 264 g/mol. The van der Waals surface area contributed by atoms with Gasteiger partial charge in [-0.2, -0.15) is 5.26 Å². The molecule has 6 heteroatoms. The lowest BCUT2D eigenvalue weighted by Crippen LogP contribution is -2.14. The van der Waals surface area contributed by atoms with Crippen molar-refractivity contribution in [3.63, 3.8) is 0 Å². The van der Waals surface area contributed by atoms with Crippen molar-refractivity contribution in [3.05, 3.63) is 30.2 Å². The van der Waals surface area contributed by atoms with E-state index in [0.717, 1.165) is 11.8 Å². The molecule has 2 rings (SSSR count). The average molecular weight is 274 g/mol. The third-order valence-electron chi connectivity index (χ3n) is 2.43. The zero-order chi connectivity index (χ0) is 13.8. The standard InChI is InChI=1S/C13H10N2O3S/c1-8(16)19-7-11(17)9(6-14)13-15-10-4-2-3-5-12(10)18-13/h2-5,9H,7H2,1H3/t9-/m0/s1. The largest absolute Gasteiger partial charge is 0.439 e. The molecule has 0 radical (unpaired) electrons. The molecule has 5 nitrogen and oxygen atoms in total. The molecule has 0 spiro atoms. The van der Waals surface area contributed by atoms with Crippen molar-refractivity contribution in [3.8, 4) is 6.07 Å². The van der Waals surface area contributed by atoms with E-state index in [0.29, 0.717) is 11.1 Å². The summed E-state index contributed by atoms with van der Waals surface area (Å²) < 4.78 is 5.40. The number of nitriles is 1. The number of carbonyl (C=O) groups excluding carboxylic acids is 2. The summed E-state index contributed by atoms with van der Waals surface area (Å²) in [6, 6.07) is 8.91. The van der Waals surface area contributed by atoms with Gasteiger partial charge in [-0.15, -0.1) is 0 Å². The summed E-state index contributed by atoms with van der Waals surface area (Å²) in [5.41, 5.74) is 1.13. The first-order valence-corrected chi connectivity index (χ1v) is 6.51. The maximum atomic E-state index is 11.9. The van der Waals surface area contributed by atoms with Crippen LogP contribution in [0.15, 0.2) is 28.7 Å². The zero-order valence-corrected chi connectivity index (χ0v) is 10.9. The molecule has 0 saturated heterocycles. The van der Waals surface area contributed by atoms with E-state index in [1.165, 1.54) is 6.92 Å². The number of ketones is 1. The van der Waals surface area contributed by atoms with E-state index in [1.54, 1.807) is 24.3 Å². The third-order valence-corrected chi connectivity index (χ3v) is 3.26. The van der Waals surface area contributed by atoms with Crippen LogP contribution in [-0.4, -0.2) is 21.6 Å². The van der Waals surface area contributed by atoms with Crippen LogP contribution < -0.4 is 0 Å². The Hall–Kier alpha value is -2.13. The van der Waals surface area contributed by atoms with Gasteiger partial charge in [0.25, 0.3) is 0 Å². The van der Waals surface area contributed by atoms with Crippen molar-refractivity contribution < 1.29 is 14.0 Å². The van der Waals surface area contributed by atoms with Gasteiger partial charge in [-0.1, -0.05) is 23.9 Å². The first kappa shape index (κ1) is 13.3. The lowest BCUT2D eigenvalue weighted by molar-refractivity contribution is -0.117. The number of oxazole rings is 1. The topological polar surface area (TPSA) is 84.0 Å². The number of para-hydroxylation sites is 2. The van der Waals surface area contributed by atoms with Gasteiger partial charge >= 0.3 is 0 Å². The fourth-order valence-corrected chi connectivity index (χ4v) is 2.05. The van der Waals surface area contributed by atoms with Crippen LogP contribution in [0, 0.1) is 11.3 Å². The number of thioether (sulfide) groups is 1. The lowest BCUT2D eigenvalue weighted by atomic mass is 10.1. The van der Waals surface area contributed by atoms with Crippen LogP contribution in [0.5, 0.6) is 0 Å². The Morgan fingerprint density at radius 2 is 2.21 bits per heavy atom. The normalized spacial score (nSPS) is 12.0. The minimum atomic E-state index is -1.07. The van der Waals surface area contributed by atoms with Crippen molar-refractivity contribution in [2.45, 2.75) is 12.8 Å². The molecular formula is C13H10N2O3S. The second-order valence-corrected chi connectivity index (χ2v) is 4.98. The van der Waals surface area contributed by atoms with E-state index in [9.17, 15) is 9.59 Å². The Kier molecular flexibility index (Phi) is 3.97. The SMILES string of the molecule is CC(=O)SCC(=O)[C@H](C#N)c1nc2ccccc2o1. The monoisotopic (exact) mass is 274 g/mol. The van der Waals surface area contributed by atoms with Gasteiger partial charge in [-0.25, -0.2) is 4.98 Å². The van der Waals surface area contributed by atoms with Crippen LogP contribution in [0.25, 0.3) is 11.1 Å². The highest BCUT2D eigenvalue weighted by molar-refractivity contribution is 8.14. The number of nitrogens with zero attached hydrogens (tertiary/aromatic N) is 2. The number of benzene rings is 1. The second kappa shape index (κ2) is 5.67. The molecule has 0 bridgehead atoms. The Morgan fingerprint density at radius 3 is 2.84 bits per heavy atom. The van der Waals surface area contributed by atoms with E-state index in [1.807, 2.05) is 6.07 Å². The fourth-order valence-electron chi connectivity index (χ4n) is 1.53. The van der Waals surface area contributed by atoms with Gasteiger partial charge in [-0.05, 0) is 12.1 Å². The van der Waals surface area contributed by atoms with Crippen LogP contribution in [0.1, 0.15) is 18.7 Å². The lowest BCUT2D eigenvalue weighted by Gasteiger charge is -2.02. The molecule has 1 aromatic heterocycles. The number of Topliss-reactive ketones (excluding diaryl/α,β-unsaturated/α-hetero) is 1. The predicted octanol–water partition coefficient (Wildman–Crippen LogP) is 2.28. The molecule has 1 atom stereocenters. The predicted molar refractivity (Wildman–Crippen MR) is 70.5 cm³/mol. The zero-order valence-electron chi connectivity index (χ0n) is 10.1. The maximum Gasteiger partial charge on any atom is 0.220 e. The highest BCUT2D eigenvalue weighted by Gasteiger charge is 2.25. The molecule has 0 amide bonds. The summed E-state index contributed by atoms with van der Waals surface area (Å²) in [5.74, 6) is -1.42. The number of hydrogen-bond acceptors (Lipinski definition) is 6. The molecule has 0 unspecified atom stereocenters. The van der Waals surface area contributed by atoms with Gasteiger partial charge in [0.15, 0.2) is 22.4 Å². The van der Waals surface area contributed by atoms with E-state index in [2.05, 4.69) is 4.98 Å². The van der Waals surface area contributed by atoms with Gasteiger partial charge in [0.05, 0.1) is 11.8 Å². The van der Waals surface area contributed by atoms with Crippen molar-refractivity contribution in [1.29, 1.82) is 5.26 Å². The Balaban J connectivity index is 2.24. The number of carbonyl (C=O) groups is 2. The van der Waals surface area contributed by atoms with Gasteiger partial charge in [0.2, 0.25) is 5.89 Å². The quantitative estimate of drug-likeness (QED) is 0.850. The minimum absolute atomic E-state index is 0.0493. The molecule has 0 aliphatic carbocycles. The van der Waals surface area contributed by atoms with Crippen LogP contribution in [-0.2, 0) is 9.59 Å².